The molecule has 0 unspecified atom stereocenters. The third kappa shape index (κ3) is 2.67. The second-order valence-corrected chi connectivity index (χ2v) is 7.34. The zero-order chi connectivity index (χ0) is 19.1. The Morgan fingerprint density at radius 1 is 1.21 bits per heavy atom. The van der Waals surface area contributed by atoms with Crippen LogP contribution in [0.5, 0.6) is 5.75 Å². The van der Waals surface area contributed by atoms with Crippen molar-refractivity contribution in [1.29, 1.82) is 0 Å². The summed E-state index contributed by atoms with van der Waals surface area (Å²) in [5.74, 6) is 0.801. The van der Waals surface area contributed by atoms with Crippen LogP contribution in [0.25, 0.3) is 43.8 Å². The Morgan fingerprint density at radius 2 is 2.14 bits per heavy atom. The third-order valence-corrected chi connectivity index (χ3v) is 5.77. The second kappa shape index (κ2) is 6.78. The van der Waals surface area contributed by atoms with Crippen LogP contribution in [0.15, 0.2) is 54.3 Å². The number of aromatic nitrogens is 4. The summed E-state index contributed by atoms with van der Waals surface area (Å²) in [6.07, 6.45) is 5.78. The van der Waals surface area contributed by atoms with E-state index in [1.54, 1.807) is 24.6 Å². The average molecular weight is 390 g/mol. The molecule has 0 radical (unpaired) electrons. The lowest BCUT2D eigenvalue weighted by molar-refractivity contribution is 0.278. The van der Waals surface area contributed by atoms with Gasteiger partial charge < -0.3 is 19.4 Å². The number of H-pyrrole nitrogens is 1. The number of methoxy groups -OCH3 is 1. The van der Waals surface area contributed by atoms with E-state index >= 15 is 0 Å². The molecule has 4 heterocycles. The predicted octanol–water partition coefficient (Wildman–Crippen LogP) is 4.31. The van der Waals surface area contributed by atoms with Crippen molar-refractivity contribution in [2.75, 3.05) is 13.7 Å². The first-order chi connectivity index (χ1) is 13.8. The molecule has 5 rings (SSSR count). The van der Waals surface area contributed by atoms with Gasteiger partial charge in [-0.2, -0.15) is 0 Å². The zero-order valence-corrected chi connectivity index (χ0v) is 16.0. The van der Waals surface area contributed by atoms with E-state index in [1.807, 2.05) is 36.5 Å². The fraction of sp³-hybridized carbons (Fsp3) is 0.143. The zero-order valence-electron chi connectivity index (χ0n) is 15.2. The standard InChI is InChI=1S/C21H18N4O2S/c1-27-13-4-5-19-15(9-13)17(11-25(19)7-8-26)21-24-18(12-28-21)16-10-23-20-14(16)3-2-6-22-20/h2-6,9-12,26H,7-8H2,1H3,(H,22,23). The van der Waals surface area contributed by atoms with Crippen LogP contribution in [0.2, 0.25) is 0 Å². The number of pyridine rings is 1. The minimum atomic E-state index is 0.0840. The van der Waals surface area contributed by atoms with Crippen LogP contribution in [0.1, 0.15) is 0 Å². The van der Waals surface area contributed by atoms with E-state index in [-0.39, 0.29) is 6.61 Å². The van der Waals surface area contributed by atoms with Crippen molar-refractivity contribution in [3.63, 3.8) is 0 Å². The number of fused-ring (bicyclic) bond motifs is 2. The summed E-state index contributed by atoms with van der Waals surface area (Å²) in [6.45, 7) is 0.621. The quantitative estimate of drug-likeness (QED) is 0.469. The van der Waals surface area contributed by atoms with E-state index < -0.39 is 0 Å². The lowest BCUT2D eigenvalue weighted by Gasteiger charge is -2.03. The maximum Gasteiger partial charge on any atom is 0.137 e. The lowest BCUT2D eigenvalue weighted by atomic mass is 10.1. The Balaban J connectivity index is 1.65. The first-order valence-corrected chi connectivity index (χ1v) is 9.82. The number of ether oxygens (including phenoxy) is 1. The molecule has 0 amide bonds. The summed E-state index contributed by atoms with van der Waals surface area (Å²) in [4.78, 5) is 12.5. The van der Waals surface area contributed by atoms with Crippen LogP contribution in [-0.2, 0) is 6.54 Å². The monoisotopic (exact) mass is 390 g/mol. The first-order valence-electron chi connectivity index (χ1n) is 8.94. The summed E-state index contributed by atoms with van der Waals surface area (Å²) < 4.78 is 7.46. The molecule has 0 aliphatic heterocycles. The topological polar surface area (TPSA) is 76.0 Å². The Kier molecular flexibility index (Phi) is 4.11. The van der Waals surface area contributed by atoms with Gasteiger partial charge in [0.15, 0.2) is 0 Å². The number of benzene rings is 1. The van der Waals surface area contributed by atoms with Gasteiger partial charge in [-0.25, -0.2) is 9.97 Å². The van der Waals surface area contributed by atoms with E-state index in [1.165, 1.54) is 0 Å². The molecule has 2 N–H and O–H groups in total. The number of nitrogens with one attached hydrogen (secondary N) is 1. The van der Waals surface area contributed by atoms with Gasteiger partial charge in [0.2, 0.25) is 0 Å². The van der Waals surface area contributed by atoms with Crippen molar-refractivity contribution < 1.29 is 9.84 Å². The van der Waals surface area contributed by atoms with Gasteiger partial charge in [0, 0.05) is 57.9 Å². The molecule has 4 aromatic heterocycles. The van der Waals surface area contributed by atoms with E-state index in [4.69, 9.17) is 9.72 Å². The normalized spacial score (nSPS) is 11.5. The van der Waals surface area contributed by atoms with Crippen LogP contribution in [0.4, 0.5) is 0 Å². The lowest BCUT2D eigenvalue weighted by Crippen LogP contribution is -1.99. The third-order valence-electron chi connectivity index (χ3n) is 4.89. The van der Waals surface area contributed by atoms with Crippen LogP contribution < -0.4 is 4.74 Å². The van der Waals surface area contributed by atoms with E-state index in [0.29, 0.717) is 6.54 Å². The molecular weight excluding hydrogens is 372 g/mol. The number of hydrogen-bond donors (Lipinski definition) is 2. The molecule has 28 heavy (non-hydrogen) atoms. The molecule has 5 aromatic rings. The van der Waals surface area contributed by atoms with Crippen LogP contribution in [0, 0.1) is 0 Å². The summed E-state index contributed by atoms with van der Waals surface area (Å²) in [7, 11) is 1.66. The fourth-order valence-corrected chi connectivity index (χ4v) is 4.40. The van der Waals surface area contributed by atoms with Gasteiger partial charge >= 0.3 is 0 Å². The van der Waals surface area contributed by atoms with Crippen molar-refractivity contribution in [3.8, 4) is 27.6 Å². The van der Waals surface area contributed by atoms with Gasteiger partial charge in [0.05, 0.1) is 19.4 Å². The molecule has 0 saturated heterocycles. The van der Waals surface area contributed by atoms with Gasteiger partial charge in [0.25, 0.3) is 0 Å². The van der Waals surface area contributed by atoms with Crippen LogP contribution in [-0.4, -0.2) is 38.3 Å². The smallest absolute Gasteiger partial charge is 0.137 e. The molecule has 0 aliphatic rings. The van der Waals surface area contributed by atoms with Crippen LogP contribution in [0.3, 0.4) is 0 Å². The first kappa shape index (κ1) is 17.0. The molecule has 140 valence electrons. The minimum Gasteiger partial charge on any atom is -0.497 e. The highest BCUT2D eigenvalue weighted by atomic mass is 32.1. The number of nitrogens with zero attached hydrogens (tertiary/aromatic N) is 3. The number of aromatic amines is 1. The van der Waals surface area contributed by atoms with Gasteiger partial charge in [-0.1, -0.05) is 0 Å². The molecule has 0 aliphatic carbocycles. The van der Waals surface area contributed by atoms with Gasteiger partial charge in [-0.15, -0.1) is 11.3 Å². The molecule has 1 aromatic carbocycles. The van der Waals surface area contributed by atoms with E-state index in [9.17, 15) is 5.11 Å². The maximum absolute atomic E-state index is 9.42. The van der Waals surface area contributed by atoms with Crippen LogP contribution >= 0.6 is 11.3 Å². The highest BCUT2D eigenvalue weighted by Crippen LogP contribution is 2.37. The number of aliphatic hydroxyl groups is 1. The highest BCUT2D eigenvalue weighted by Gasteiger charge is 2.16. The van der Waals surface area contributed by atoms with Crippen molar-refractivity contribution in [3.05, 3.63) is 54.3 Å². The SMILES string of the molecule is COc1ccc2c(c1)c(-c1nc(-c3c[nH]c4ncccc34)cs1)cn2CCO. The summed E-state index contributed by atoms with van der Waals surface area (Å²) in [5.41, 5.74) is 4.92. The summed E-state index contributed by atoms with van der Waals surface area (Å²) >= 11 is 1.61. The molecule has 6 nitrogen and oxygen atoms in total. The number of hydrogen-bond acceptors (Lipinski definition) is 5. The Labute approximate surface area is 165 Å². The van der Waals surface area contributed by atoms with E-state index in [2.05, 4.69) is 26.1 Å². The Hall–Kier alpha value is -3.16. The van der Waals surface area contributed by atoms with Gasteiger partial charge in [0.1, 0.15) is 16.4 Å². The Bertz CT molecular complexity index is 1280. The highest BCUT2D eigenvalue weighted by molar-refractivity contribution is 7.13. The van der Waals surface area contributed by atoms with Crippen molar-refractivity contribution in [2.24, 2.45) is 0 Å². The fourth-order valence-electron chi connectivity index (χ4n) is 3.56. The molecular formula is C21H18N4O2S. The largest absolute Gasteiger partial charge is 0.497 e. The van der Waals surface area contributed by atoms with Crippen molar-refractivity contribution >= 4 is 33.3 Å². The number of thiazole rings is 1. The molecule has 0 spiro atoms. The predicted molar refractivity (Wildman–Crippen MR) is 112 cm³/mol. The molecule has 0 fully saturated rings. The van der Waals surface area contributed by atoms with Gasteiger partial charge in [-0.3, -0.25) is 0 Å². The van der Waals surface area contributed by atoms with Crippen molar-refractivity contribution in [2.45, 2.75) is 6.54 Å². The molecule has 0 saturated carbocycles. The van der Waals surface area contributed by atoms with E-state index in [0.717, 1.165) is 49.5 Å². The Morgan fingerprint density at radius 3 is 3.00 bits per heavy atom. The van der Waals surface area contributed by atoms with Crippen molar-refractivity contribution in [1.82, 2.24) is 19.5 Å². The average Bonchev–Trinajstić information content (AvgIpc) is 3.44. The summed E-state index contributed by atoms with van der Waals surface area (Å²) in [5, 5.41) is 14.5. The number of aliphatic hydroxyl groups excluding tert-OH is 1. The second-order valence-electron chi connectivity index (χ2n) is 6.48. The maximum atomic E-state index is 9.42. The molecule has 0 bridgehead atoms. The van der Waals surface area contributed by atoms with Gasteiger partial charge in [-0.05, 0) is 30.3 Å². The summed E-state index contributed by atoms with van der Waals surface area (Å²) in [6, 6.07) is 9.96. The molecule has 0 atom stereocenters. The molecule has 7 heteroatoms. The minimum absolute atomic E-state index is 0.0840. The number of rotatable bonds is 5.